The molecule has 6 heteroatoms. The molecule has 0 saturated heterocycles. The second-order valence-electron chi connectivity index (χ2n) is 5.20. The Balaban J connectivity index is 2.01. The first kappa shape index (κ1) is 14.6. The SMILES string of the molecule is COc1ccc(CNCC2(O)CCC2)cc1/C(N)=N/O. The maximum Gasteiger partial charge on any atom is 0.173 e. The summed E-state index contributed by atoms with van der Waals surface area (Å²) in [6.07, 6.45) is 2.81. The minimum Gasteiger partial charge on any atom is -0.496 e. The van der Waals surface area contributed by atoms with Crippen LogP contribution in [-0.4, -0.2) is 35.4 Å². The Hall–Kier alpha value is -1.79. The van der Waals surface area contributed by atoms with Crippen molar-refractivity contribution >= 4 is 5.84 Å². The zero-order valence-corrected chi connectivity index (χ0v) is 11.6. The van der Waals surface area contributed by atoms with Gasteiger partial charge in [-0.3, -0.25) is 0 Å². The summed E-state index contributed by atoms with van der Waals surface area (Å²) in [5.74, 6) is 0.572. The van der Waals surface area contributed by atoms with Gasteiger partial charge in [-0.15, -0.1) is 0 Å². The van der Waals surface area contributed by atoms with Gasteiger partial charge in [-0.25, -0.2) is 0 Å². The fraction of sp³-hybridized carbons (Fsp3) is 0.500. The highest BCUT2D eigenvalue weighted by Crippen LogP contribution is 2.30. The van der Waals surface area contributed by atoms with E-state index in [0.29, 0.717) is 24.4 Å². The quantitative estimate of drug-likeness (QED) is 0.267. The van der Waals surface area contributed by atoms with Gasteiger partial charge in [0.25, 0.3) is 0 Å². The Morgan fingerprint density at radius 3 is 2.80 bits per heavy atom. The summed E-state index contributed by atoms with van der Waals surface area (Å²) in [5, 5.41) is 25.0. The second kappa shape index (κ2) is 6.11. The summed E-state index contributed by atoms with van der Waals surface area (Å²) in [6.45, 7) is 1.19. The van der Waals surface area contributed by atoms with E-state index >= 15 is 0 Å². The van der Waals surface area contributed by atoms with E-state index in [9.17, 15) is 5.11 Å². The number of methoxy groups -OCH3 is 1. The van der Waals surface area contributed by atoms with Gasteiger partial charge < -0.3 is 26.1 Å². The van der Waals surface area contributed by atoms with Crippen molar-refractivity contribution in [1.82, 2.24) is 5.32 Å². The maximum absolute atomic E-state index is 10.00. The Morgan fingerprint density at radius 2 is 2.25 bits per heavy atom. The van der Waals surface area contributed by atoms with Gasteiger partial charge in [0.2, 0.25) is 0 Å². The molecule has 0 bridgehead atoms. The van der Waals surface area contributed by atoms with E-state index in [0.717, 1.165) is 24.8 Å². The molecule has 0 radical (unpaired) electrons. The van der Waals surface area contributed by atoms with Crippen LogP contribution >= 0.6 is 0 Å². The average molecular weight is 279 g/mol. The van der Waals surface area contributed by atoms with Crippen molar-refractivity contribution in [1.29, 1.82) is 0 Å². The van der Waals surface area contributed by atoms with E-state index in [4.69, 9.17) is 15.7 Å². The zero-order valence-electron chi connectivity index (χ0n) is 11.6. The number of hydrogen-bond donors (Lipinski definition) is 4. The van der Waals surface area contributed by atoms with Gasteiger partial charge >= 0.3 is 0 Å². The molecule has 0 amide bonds. The first-order valence-electron chi connectivity index (χ1n) is 6.66. The number of nitrogens with two attached hydrogens (primary N) is 1. The van der Waals surface area contributed by atoms with Crippen molar-refractivity contribution in [2.24, 2.45) is 10.9 Å². The van der Waals surface area contributed by atoms with E-state index in [2.05, 4.69) is 10.5 Å². The minimum atomic E-state index is -0.541. The van der Waals surface area contributed by atoms with Crippen LogP contribution in [0.5, 0.6) is 5.75 Å². The molecule has 0 aromatic heterocycles. The molecular weight excluding hydrogens is 258 g/mol. The minimum absolute atomic E-state index is 0.0151. The first-order valence-corrected chi connectivity index (χ1v) is 6.66. The van der Waals surface area contributed by atoms with E-state index in [-0.39, 0.29) is 5.84 Å². The molecule has 2 rings (SSSR count). The smallest absolute Gasteiger partial charge is 0.173 e. The summed E-state index contributed by atoms with van der Waals surface area (Å²) < 4.78 is 5.18. The second-order valence-corrected chi connectivity index (χ2v) is 5.20. The van der Waals surface area contributed by atoms with Crippen molar-refractivity contribution < 1.29 is 15.1 Å². The average Bonchev–Trinajstić information content (AvgIpc) is 2.44. The number of nitrogens with zero attached hydrogens (tertiary/aromatic N) is 1. The van der Waals surface area contributed by atoms with Crippen LogP contribution in [0.1, 0.15) is 30.4 Å². The molecule has 1 saturated carbocycles. The molecule has 5 N–H and O–H groups in total. The lowest BCUT2D eigenvalue weighted by atomic mass is 9.80. The Labute approximate surface area is 118 Å². The lowest BCUT2D eigenvalue weighted by Crippen LogP contribution is -2.45. The topological polar surface area (TPSA) is 100 Å². The highest BCUT2D eigenvalue weighted by atomic mass is 16.5. The van der Waals surface area contributed by atoms with Crippen LogP contribution in [-0.2, 0) is 6.54 Å². The lowest BCUT2D eigenvalue weighted by Gasteiger charge is -2.36. The van der Waals surface area contributed by atoms with Gasteiger partial charge in [-0.2, -0.15) is 0 Å². The Morgan fingerprint density at radius 1 is 1.50 bits per heavy atom. The van der Waals surface area contributed by atoms with Crippen LogP contribution in [0.3, 0.4) is 0 Å². The van der Waals surface area contributed by atoms with Gasteiger partial charge in [-0.05, 0) is 37.0 Å². The predicted molar refractivity (Wildman–Crippen MR) is 76.0 cm³/mol. The lowest BCUT2D eigenvalue weighted by molar-refractivity contribution is -0.0314. The molecule has 1 fully saturated rings. The van der Waals surface area contributed by atoms with E-state index in [1.807, 2.05) is 12.1 Å². The summed E-state index contributed by atoms with van der Waals surface area (Å²) in [6, 6.07) is 5.50. The van der Waals surface area contributed by atoms with Gasteiger partial charge in [-0.1, -0.05) is 11.2 Å². The maximum atomic E-state index is 10.00. The standard InChI is InChI=1S/C14H21N3O3/c1-20-12-4-3-10(7-11(12)13(15)17-19)8-16-9-14(18)5-2-6-14/h3-4,7,16,18-19H,2,5-6,8-9H2,1H3,(H2,15,17). The van der Waals surface area contributed by atoms with E-state index in [1.165, 1.54) is 7.11 Å². The van der Waals surface area contributed by atoms with Crippen LogP contribution in [0.4, 0.5) is 0 Å². The molecule has 1 aromatic rings. The van der Waals surface area contributed by atoms with Crippen molar-refractivity contribution in [2.75, 3.05) is 13.7 Å². The molecular formula is C14H21N3O3. The molecule has 1 aromatic carbocycles. The van der Waals surface area contributed by atoms with E-state index in [1.54, 1.807) is 6.07 Å². The van der Waals surface area contributed by atoms with Gasteiger partial charge in [0.1, 0.15) is 5.75 Å². The number of amidine groups is 1. The number of aliphatic hydroxyl groups is 1. The van der Waals surface area contributed by atoms with Gasteiger partial charge in [0, 0.05) is 13.1 Å². The molecule has 1 aliphatic rings. The third kappa shape index (κ3) is 3.20. The third-order valence-corrected chi connectivity index (χ3v) is 3.72. The van der Waals surface area contributed by atoms with Crippen molar-refractivity contribution in [2.45, 2.75) is 31.4 Å². The van der Waals surface area contributed by atoms with Crippen LogP contribution < -0.4 is 15.8 Å². The normalized spacial score (nSPS) is 17.6. The Kier molecular flexibility index (Phi) is 4.46. The van der Waals surface area contributed by atoms with E-state index < -0.39 is 5.60 Å². The molecule has 0 atom stereocenters. The number of nitrogens with one attached hydrogen (secondary N) is 1. The van der Waals surface area contributed by atoms with Crippen LogP contribution in [0.15, 0.2) is 23.4 Å². The summed E-state index contributed by atoms with van der Waals surface area (Å²) in [7, 11) is 1.54. The zero-order chi connectivity index (χ0) is 14.6. The third-order valence-electron chi connectivity index (χ3n) is 3.72. The van der Waals surface area contributed by atoms with Crippen molar-refractivity contribution in [3.8, 4) is 5.75 Å². The monoisotopic (exact) mass is 279 g/mol. The first-order chi connectivity index (χ1) is 9.58. The number of hydrogen-bond acceptors (Lipinski definition) is 5. The fourth-order valence-electron chi connectivity index (χ4n) is 2.32. The van der Waals surface area contributed by atoms with Crippen molar-refractivity contribution in [3.05, 3.63) is 29.3 Å². The van der Waals surface area contributed by atoms with Crippen LogP contribution in [0, 0.1) is 0 Å². The summed E-state index contributed by atoms with van der Waals surface area (Å²) in [5.41, 5.74) is 6.62. The molecule has 20 heavy (non-hydrogen) atoms. The molecule has 0 heterocycles. The number of rotatable bonds is 6. The molecule has 0 spiro atoms. The van der Waals surface area contributed by atoms with Crippen molar-refractivity contribution in [3.63, 3.8) is 0 Å². The molecule has 1 aliphatic carbocycles. The molecule has 0 aliphatic heterocycles. The number of oxime groups is 1. The van der Waals surface area contributed by atoms with Crippen LogP contribution in [0.25, 0.3) is 0 Å². The van der Waals surface area contributed by atoms with Gasteiger partial charge in [0.05, 0.1) is 18.3 Å². The highest BCUT2D eigenvalue weighted by Gasteiger charge is 2.33. The fourth-order valence-corrected chi connectivity index (χ4v) is 2.32. The predicted octanol–water partition coefficient (Wildman–Crippen LogP) is 0.794. The summed E-state index contributed by atoms with van der Waals surface area (Å²) >= 11 is 0. The number of benzene rings is 1. The summed E-state index contributed by atoms with van der Waals surface area (Å²) in [4.78, 5) is 0. The largest absolute Gasteiger partial charge is 0.496 e. The number of ether oxygens (including phenoxy) is 1. The van der Waals surface area contributed by atoms with Crippen LogP contribution in [0.2, 0.25) is 0 Å². The molecule has 110 valence electrons. The molecule has 0 unspecified atom stereocenters. The molecule has 6 nitrogen and oxygen atoms in total. The Bertz CT molecular complexity index is 498. The highest BCUT2D eigenvalue weighted by molar-refractivity contribution is 5.99. The van der Waals surface area contributed by atoms with Gasteiger partial charge in [0.15, 0.2) is 5.84 Å².